The van der Waals surface area contributed by atoms with E-state index in [-0.39, 0.29) is 35.8 Å². The fraction of sp³-hybridized carbons (Fsp3) is 0.552. The Morgan fingerprint density at radius 1 is 1.24 bits per heavy atom. The molecule has 4 aliphatic rings. The number of hydrogen-bond acceptors (Lipinski definition) is 11. The molecule has 12 heteroatoms. The van der Waals surface area contributed by atoms with Crippen molar-refractivity contribution in [2.75, 3.05) is 40.3 Å². The molecular weight excluding hydrogens is 532 g/mol. The van der Waals surface area contributed by atoms with Gasteiger partial charge in [0.2, 0.25) is 5.78 Å². The first kappa shape index (κ1) is 29.1. The van der Waals surface area contributed by atoms with Crippen LogP contribution in [0, 0.1) is 11.8 Å². The van der Waals surface area contributed by atoms with Crippen LogP contribution in [0.15, 0.2) is 28.7 Å². The van der Waals surface area contributed by atoms with Gasteiger partial charge in [-0.15, -0.1) is 0 Å². The number of likely N-dealkylation sites (tertiary alicyclic amines) is 1. The Labute approximate surface area is 237 Å². The number of ether oxygens (including phenoxy) is 1. The van der Waals surface area contributed by atoms with Crippen LogP contribution in [-0.2, 0) is 16.0 Å². The fourth-order valence-electron chi connectivity index (χ4n) is 7.39. The Kier molecular flexibility index (Phi) is 7.62. The molecule has 3 aliphatic carbocycles. The number of nitrogens with zero attached hydrogens (tertiary/aromatic N) is 1. The molecule has 5 atom stereocenters. The Hall–Kier alpha value is -3.45. The zero-order valence-electron chi connectivity index (χ0n) is 23.5. The van der Waals surface area contributed by atoms with Gasteiger partial charge in [0.1, 0.15) is 28.6 Å². The SMILES string of the molecule is CCN1CCC[C@H]1c1cc(O)c2c(c1OC)C[C@H]1C[C@H]3[C@H](NCCNC)C(O)=C(C(N)=O)C(=O)[C@@]3(O)C(O)=C1C2=O. The molecule has 0 radical (unpaired) electrons. The van der Waals surface area contributed by atoms with Crippen LogP contribution in [0.25, 0.3) is 0 Å². The number of benzene rings is 1. The van der Waals surface area contributed by atoms with E-state index >= 15 is 0 Å². The average molecular weight is 571 g/mol. The second kappa shape index (κ2) is 10.8. The quantitative estimate of drug-likeness (QED) is 0.170. The highest BCUT2D eigenvalue weighted by Gasteiger charge is 2.63. The molecule has 1 aromatic rings. The normalized spacial score (nSPS) is 29.9. The number of Topliss-reactive ketones (excluding diaryl/α,β-unsaturated/α-hetero) is 2. The Balaban J connectivity index is 1.65. The van der Waals surface area contributed by atoms with Gasteiger partial charge in [-0.3, -0.25) is 19.3 Å². The molecule has 1 heterocycles. The predicted octanol–water partition coefficient (Wildman–Crippen LogP) is 0.533. The third kappa shape index (κ3) is 4.23. The van der Waals surface area contributed by atoms with Crippen LogP contribution in [0.3, 0.4) is 0 Å². The minimum absolute atomic E-state index is 0.00840. The number of primary amides is 1. The number of hydrogen-bond donors (Lipinski definition) is 7. The molecule has 1 saturated heterocycles. The van der Waals surface area contributed by atoms with Crippen LogP contribution in [-0.4, -0.2) is 94.8 Å². The van der Waals surface area contributed by atoms with Crippen LogP contribution >= 0.6 is 0 Å². The lowest BCUT2D eigenvalue weighted by Crippen LogP contribution is -2.64. The van der Waals surface area contributed by atoms with Gasteiger partial charge in [0, 0.05) is 41.7 Å². The van der Waals surface area contributed by atoms with Crippen molar-refractivity contribution in [1.29, 1.82) is 0 Å². The molecule has 1 amide bonds. The number of aliphatic hydroxyl groups excluding tert-OH is 2. The molecule has 8 N–H and O–H groups in total. The molecule has 41 heavy (non-hydrogen) atoms. The second-order valence-corrected chi connectivity index (χ2v) is 11.2. The Bertz CT molecular complexity index is 1370. The van der Waals surface area contributed by atoms with Crippen molar-refractivity contribution in [1.82, 2.24) is 15.5 Å². The number of ketones is 2. The number of aliphatic hydroxyl groups is 3. The first-order chi connectivity index (χ1) is 19.5. The van der Waals surface area contributed by atoms with E-state index in [9.17, 15) is 34.8 Å². The summed E-state index contributed by atoms with van der Waals surface area (Å²) >= 11 is 0. The fourth-order valence-corrected chi connectivity index (χ4v) is 7.39. The van der Waals surface area contributed by atoms with E-state index in [2.05, 4.69) is 22.5 Å². The lowest BCUT2D eigenvalue weighted by atomic mass is 9.58. The number of phenols is 1. The van der Waals surface area contributed by atoms with Crippen LogP contribution in [0.2, 0.25) is 0 Å². The van der Waals surface area contributed by atoms with E-state index in [1.807, 2.05) is 0 Å². The molecule has 0 saturated carbocycles. The van der Waals surface area contributed by atoms with Crippen LogP contribution < -0.4 is 21.1 Å². The van der Waals surface area contributed by atoms with Crippen molar-refractivity contribution < 1.29 is 39.5 Å². The summed E-state index contributed by atoms with van der Waals surface area (Å²) in [7, 11) is 3.24. The second-order valence-electron chi connectivity index (χ2n) is 11.2. The van der Waals surface area contributed by atoms with Crippen molar-refractivity contribution in [2.45, 2.75) is 50.3 Å². The summed E-state index contributed by atoms with van der Waals surface area (Å²) in [5.74, 6) is -6.31. The van der Waals surface area contributed by atoms with Gasteiger partial charge in [0.15, 0.2) is 11.4 Å². The number of carbonyl (C=O) groups excluding carboxylic acids is 3. The van der Waals surface area contributed by atoms with E-state index in [0.717, 1.165) is 31.5 Å². The number of amides is 1. The average Bonchev–Trinajstić information content (AvgIpc) is 3.41. The molecule has 222 valence electrons. The summed E-state index contributed by atoms with van der Waals surface area (Å²) in [4.78, 5) is 41.9. The molecule has 1 fully saturated rings. The van der Waals surface area contributed by atoms with Gasteiger partial charge >= 0.3 is 0 Å². The van der Waals surface area contributed by atoms with Crippen molar-refractivity contribution in [3.05, 3.63) is 45.4 Å². The number of allylic oxidation sites excluding steroid dienone is 1. The van der Waals surface area contributed by atoms with Gasteiger partial charge in [-0.25, -0.2) is 0 Å². The highest BCUT2D eigenvalue weighted by atomic mass is 16.5. The highest BCUT2D eigenvalue weighted by molar-refractivity contribution is 6.24. The summed E-state index contributed by atoms with van der Waals surface area (Å²) in [6, 6.07) is 0.437. The maximum Gasteiger partial charge on any atom is 0.255 e. The minimum Gasteiger partial charge on any atom is -0.510 e. The zero-order chi connectivity index (χ0) is 29.8. The van der Waals surface area contributed by atoms with Crippen LogP contribution in [0.5, 0.6) is 11.5 Å². The zero-order valence-corrected chi connectivity index (χ0v) is 23.5. The van der Waals surface area contributed by atoms with Gasteiger partial charge < -0.3 is 41.5 Å². The van der Waals surface area contributed by atoms with E-state index < -0.39 is 58.0 Å². The van der Waals surface area contributed by atoms with Crippen molar-refractivity contribution in [3.8, 4) is 11.5 Å². The summed E-state index contributed by atoms with van der Waals surface area (Å²) in [5.41, 5.74) is 2.93. The van der Waals surface area contributed by atoms with Gasteiger partial charge in [0.25, 0.3) is 5.91 Å². The van der Waals surface area contributed by atoms with Crippen molar-refractivity contribution >= 4 is 17.5 Å². The molecule has 0 aromatic heterocycles. The number of rotatable bonds is 8. The van der Waals surface area contributed by atoms with Crippen molar-refractivity contribution in [2.24, 2.45) is 17.6 Å². The molecule has 5 rings (SSSR count). The summed E-state index contributed by atoms with van der Waals surface area (Å²) in [6.07, 6.45) is 2.05. The maximum atomic E-state index is 14.0. The monoisotopic (exact) mass is 570 g/mol. The number of carbonyl (C=O) groups is 3. The molecule has 0 bridgehead atoms. The van der Waals surface area contributed by atoms with Gasteiger partial charge in [0.05, 0.1) is 18.7 Å². The van der Waals surface area contributed by atoms with Gasteiger partial charge in [-0.2, -0.15) is 0 Å². The summed E-state index contributed by atoms with van der Waals surface area (Å²) < 4.78 is 5.86. The first-order valence-corrected chi connectivity index (χ1v) is 14.1. The molecule has 0 spiro atoms. The van der Waals surface area contributed by atoms with Crippen molar-refractivity contribution in [3.63, 3.8) is 0 Å². The molecule has 1 aliphatic heterocycles. The number of aromatic hydroxyl groups is 1. The topological polar surface area (TPSA) is 195 Å². The summed E-state index contributed by atoms with van der Waals surface area (Å²) in [6.45, 7) is 4.55. The Morgan fingerprint density at radius 2 is 1.98 bits per heavy atom. The number of methoxy groups -OCH3 is 1. The number of likely N-dealkylation sites (N-methyl/N-ethyl adjacent to an activating group) is 1. The van der Waals surface area contributed by atoms with E-state index in [1.54, 1.807) is 7.05 Å². The minimum atomic E-state index is -2.68. The van der Waals surface area contributed by atoms with E-state index in [1.165, 1.54) is 13.2 Å². The lowest BCUT2D eigenvalue weighted by Gasteiger charge is -2.49. The highest BCUT2D eigenvalue weighted by Crippen LogP contribution is 2.54. The van der Waals surface area contributed by atoms with Crippen LogP contribution in [0.1, 0.15) is 53.7 Å². The molecule has 0 unspecified atom stereocenters. The lowest BCUT2D eigenvalue weighted by molar-refractivity contribution is -0.146. The van der Waals surface area contributed by atoms with E-state index in [4.69, 9.17) is 10.5 Å². The third-order valence-corrected chi connectivity index (χ3v) is 9.25. The standard InChI is InChI=1S/C29H38N4O8/c1-4-33-9-5-6-17(33)14-12-18(34)20-15(25(14)41-3)10-13-11-16-22(32-8-7-31-2)24(36)21(28(30)39)27(38)29(16,40)26(37)19(13)23(20)35/h12-13,16-17,22,31-32,34,36-37,40H,4-11H2,1-3H3,(H2,30,39)/t13-,16-,17-,22-,29-/m0/s1. The Morgan fingerprint density at radius 3 is 2.61 bits per heavy atom. The van der Waals surface area contributed by atoms with Gasteiger partial charge in [-0.1, -0.05) is 6.92 Å². The number of phenolic OH excluding ortho intramolecular Hbond substituents is 1. The number of fused-ring (bicyclic) bond motifs is 3. The molecule has 12 nitrogen and oxygen atoms in total. The smallest absolute Gasteiger partial charge is 0.255 e. The maximum absolute atomic E-state index is 14.0. The summed E-state index contributed by atoms with van der Waals surface area (Å²) in [5, 5.41) is 51.4. The number of nitrogens with two attached hydrogens (primary N) is 1. The van der Waals surface area contributed by atoms with E-state index in [0.29, 0.717) is 24.4 Å². The van der Waals surface area contributed by atoms with Gasteiger partial charge in [-0.05, 0) is 57.8 Å². The third-order valence-electron chi connectivity index (χ3n) is 9.25. The first-order valence-electron chi connectivity index (χ1n) is 14.1. The number of nitrogens with one attached hydrogen (secondary N) is 2. The predicted molar refractivity (Wildman–Crippen MR) is 148 cm³/mol. The molecule has 1 aromatic carbocycles. The molecular formula is C29H38N4O8. The van der Waals surface area contributed by atoms with Crippen LogP contribution in [0.4, 0.5) is 0 Å². The largest absolute Gasteiger partial charge is 0.510 e.